The third-order valence-electron chi connectivity index (χ3n) is 5.09. The number of nitrogens with zero attached hydrogens (tertiary/aromatic N) is 4. The van der Waals surface area contributed by atoms with E-state index in [1.165, 1.54) is 11.8 Å². The zero-order valence-electron chi connectivity index (χ0n) is 17.4. The summed E-state index contributed by atoms with van der Waals surface area (Å²) in [6, 6.07) is 20.0. The van der Waals surface area contributed by atoms with E-state index in [0.717, 1.165) is 56.3 Å². The Hall–Kier alpha value is -2.68. The van der Waals surface area contributed by atoms with Gasteiger partial charge in [0.2, 0.25) is 5.91 Å². The summed E-state index contributed by atoms with van der Waals surface area (Å²) < 4.78 is 7.37. The maximum atomic E-state index is 12.4. The average molecular weight is 438 g/mol. The molecule has 0 unspecified atom stereocenters. The van der Waals surface area contributed by atoms with Gasteiger partial charge in [0, 0.05) is 30.9 Å². The molecular formula is C23H27N5O2S. The number of rotatable bonds is 9. The van der Waals surface area contributed by atoms with Gasteiger partial charge in [-0.1, -0.05) is 60.3 Å². The van der Waals surface area contributed by atoms with Gasteiger partial charge >= 0.3 is 0 Å². The van der Waals surface area contributed by atoms with E-state index in [2.05, 4.69) is 20.4 Å². The van der Waals surface area contributed by atoms with Gasteiger partial charge in [0.25, 0.3) is 0 Å². The number of morpholine rings is 1. The van der Waals surface area contributed by atoms with Gasteiger partial charge in [0.1, 0.15) is 0 Å². The molecule has 162 valence electrons. The lowest BCUT2D eigenvalue weighted by atomic mass is 10.2. The third-order valence-corrected chi connectivity index (χ3v) is 6.02. The molecule has 1 fully saturated rings. The topological polar surface area (TPSA) is 72.3 Å². The molecule has 1 amide bonds. The monoisotopic (exact) mass is 437 g/mol. The van der Waals surface area contributed by atoms with Crippen molar-refractivity contribution < 1.29 is 9.53 Å². The molecule has 3 aromatic rings. The molecule has 0 spiro atoms. The van der Waals surface area contributed by atoms with E-state index in [4.69, 9.17) is 4.74 Å². The lowest BCUT2D eigenvalue weighted by Crippen LogP contribution is -2.38. The first-order valence-corrected chi connectivity index (χ1v) is 11.6. The Morgan fingerprint density at radius 3 is 2.45 bits per heavy atom. The van der Waals surface area contributed by atoms with Gasteiger partial charge in [-0.25, -0.2) is 0 Å². The van der Waals surface area contributed by atoms with E-state index in [9.17, 15) is 4.79 Å². The number of benzene rings is 2. The fraction of sp³-hybridized carbons (Fsp3) is 0.348. The van der Waals surface area contributed by atoms with Gasteiger partial charge in [-0.15, -0.1) is 10.2 Å². The van der Waals surface area contributed by atoms with Crippen molar-refractivity contribution >= 4 is 17.7 Å². The molecule has 2 heterocycles. The molecule has 7 nitrogen and oxygen atoms in total. The van der Waals surface area contributed by atoms with Crippen LogP contribution in [-0.4, -0.2) is 70.7 Å². The molecule has 0 aliphatic carbocycles. The third kappa shape index (κ3) is 5.94. The summed E-state index contributed by atoms with van der Waals surface area (Å²) in [5.74, 6) is 1.08. The van der Waals surface area contributed by atoms with E-state index in [1.54, 1.807) is 0 Å². The Labute approximate surface area is 186 Å². The molecule has 1 saturated heterocycles. The summed E-state index contributed by atoms with van der Waals surface area (Å²) in [5.41, 5.74) is 1.96. The highest BCUT2D eigenvalue weighted by molar-refractivity contribution is 7.99. The highest BCUT2D eigenvalue weighted by Crippen LogP contribution is 2.27. The van der Waals surface area contributed by atoms with Gasteiger partial charge in [-0.3, -0.25) is 14.3 Å². The summed E-state index contributed by atoms with van der Waals surface area (Å²) in [6.45, 7) is 5.22. The van der Waals surface area contributed by atoms with Crippen LogP contribution in [0.15, 0.2) is 65.8 Å². The SMILES string of the molecule is O=C(CSc1nnc(-c2ccccc2)n1-c1ccccc1)NCCCN1CCOCC1. The standard InChI is InChI=1S/C23H27N5O2S/c29-21(24-12-7-13-27-14-16-30-17-15-27)18-31-23-26-25-22(19-8-3-1-4-9-19)28(23)20-10-5-2-6-11-20/h1-6,8-11H,7,12-18H2,(H,24,29). The molecule has 0 saturated carbocycles. The molecule has 1 aliphatic heterocycles. The summed E-state index contributed by atoms with van der Waals surface area (Å²) in [7, 11) is 0. The number of carbonyl (C=O) groups is 1. The number of thioether (sulfide) groups is 1. The average Bonchev–Trinajstić information content (AvgIpc) is 3.26. The second-order valence-corrected chi connectivity index (χ2v) is 8.23. The van der Waals surface area contributed by atoms with E-state index in [-0.39, 0.29) is 5.91 Å². The van der Waals surface area contributed by atoms with Crippen molar-refractivity contribution in [1.82, 2.24) is 25.0 Å². The van der Waals surface area contributed by atoms with E-state index < -0.39 is 0 Å². The zero-order valence-corrected chi connectivity index (χ0v) is 18.3. The molecule has 2 aromatic carbocycles. The van der Waals surface area contributed by atoms with Crippen LogP contribution in [-0.2, 0) is 9.53 Å². The summed E-state index contributed by atoms with van der Waals surface area (Å²) in [6.07, 6.45) is 0.939. The van der Waals surface area contributed by atoms with Crippen molar-refractivity contribution in [1.29, 1.82) is 0 Å². The molecule has 1 aromatic heterocycles. The molecule has 0 radical (unpaired) electrons. The van der Waals surface area contributed by atoms with Crippen LogP contribution in [0.2, 0.25) is 0 Å². The number of nitrogens with one attached hydrogen (secondary N) is 1. The van der Waals surface area contributed by atoms with Gasteiger partial charge in [-0.2, -0.15) is 0 Å². The summed E-state index contributed by atoms with van der Waals surface area (Å²) >= 11 is 1.40. The first kappa shape index (κ1) is 21.5. The molecule has 0 bridgehead atoms. The fourth-order valence-corrected chi connectivity index (χ4v) is 4.27. The minimum absolute atomic E-state index is 0.0100. The van der Waals surface area contributed by atoms with Gasteiger partial charge in [-0.05, 0) is 25.1 Å². The highest BCUT2D eigenvalue weighted by Gasteiger charge is 2.17. The number of hydrogen-bond donors (Lipinski definition) is 1. The first-order chi connectivity index (χ1) is 15.3. The second kappa shape index (κ2) is 11.1. The lowest BCUT2D eigenvalue weighted by Gasteiger charge is -2.26. The van der Waals surface area contributed by atoms with Crippen molar-refractivity contribution in [2.24, 2.45) is 0 Å². The predicted molar refractivity (Wildman–Crippen MR) is 122 cm³/mol. The molecule has 0 atom stereocenters. The molecule has 1 N–H and O–H groups in total. The molecular weight excluding hydrogens is 410 g/mol. The van der Waals surface area contributed by atoms with Crippen LogP contribution >= 0.6 is 11.8 Å². The van der Waals surface area contributed by atoms with Crippen LogP contribution in [0.1, 0.15) is 6.42 Å². The Morgan fingerprint density at radius 2 is 1.71 bits per heavy atom. The maximum Gasteiger partial charge on any atom is 0.230 e. The number of aromatic nitrogens is 3. The van der Waals surface area contributed by atoms with Crippen LogP contribution in [0.3, 0.4) is 0 Å². The summed E-state index contributed by atoms with van der Waals surface area (Å²) in [4.78, 5) is 14.7. The summed E-state index contributed by atoms with van der Waals surface area (Å²) in [5, 5.41) is 12.5. The molecule has 4 rings (SSSR count). The number of carbonyl (C=O) groups excluding carboxylic acids is 1. The zero-order chi connectivity index (χ0) is 21.3. The van der Waals surface area contributed by atoms with Crippen LogP contribution in [0.25, 0.3) is 17.1 Å². The van der Waals surface area contributed by atoms with Crippen LogP contribution in [0, 0.1) is 0 Å². The van der Waals surface area contributed by atoms with Gasteiger partial charge in [0.15, 0.2) is 11.0 Å². The van der Waals surface area contributed by atoms with Gasteiger partial charge in [0.05, 0.1) is 19.0 Å². The largest absolute Gasteiger partial charge is 0.379 e. The van der Waals surface area contributed by atoms with Crippen molar-refractivity contribution in [2.45, 2.75) is 11.6 Å². The maximum absolute atomic E-state index is 12.4. The van der Waals surface area contributed by atoms with Crippen LogP contribution in [0.5, 0.6) is 0 Å². The predicted octanol–water partition coefficient (Wildman–Crippen LogP) is 2.86. The Morgan fingerprint density at radius 1 is 1.00 bits per heavy atom. The molecule has 8 heteroatoms. The fourth-order valence-electron chi connectivity index (χ4n) is 3.48. The first-order valence-electron chi connectivity index (χ1n) is 10.6. The number of amides is 1. The Kier molecular flexibility index (Phi) is 7.71. The Balaban J connectivity index is 1.36. The second-order valence-electron chi connectivity index (χ2n) is 7.29. The Bertz CT molecular complexity index is 959. The highest BCUT2D eigenvalue weighted by atomic mass is 32.2. The van der Waals surface area contributed by atoms with Crippen molar-refractivity contribution in [2.75, 3.05) is 45.1 Å². The normalized spacial score (nSPS) is 14.5. The number of para-hydroxylation sites is 1. The van der Waals surface area contributed by atoms with Crippen molar-refractivity contribution in [3.05, 3.63) is 60.7 Å². The minimum atomic E-state index is 0.0100. The minimum Gasteiger partial charge on any atom is -0.379 e. The van der Waals surface area contributed by atoms with Crippen molar-refractivity contribution in [3.63, 3.8) is 0 Å². The lowest BCUT2D eigenvalue weighted by molar-refractivity contribution is -0.118. The van der Waals surface area contributed by atoms with Crippen LogP contribution in [0.4, 0.5) is 0 Å². The smallest absolute Gasteiger partial charge is 0.230 e. The molecule has 31 heavy (non-hydrogen) atoms. The van der Waals surface area contributed by atoms with E-state index in [1.807, 2.05) is 65.2 Å². The van der Waals surface area contributed by atoms with Gasteiger partial charge < -0.3 is 10.1 Å². The molecule has 1 aliphatic rings. The quantitative estimate of drug-likeness (QED) is 0.410. The van der Waals surface area contributed by atoms with E-state index in [0.29, 0.717) is 17.5 Å². The van der Waals surface area contributed by atoms with Crippen molar-refractivity contribution in [3.8, 4) is 17.1 Å². The number of ether oxygens (including phenoxy) is 1. The number of hydrogen-bond acceptors (Lipinski definition) is 6. The van der Waals surface area contributed by atoms with E-state index >= 15 is 0 Å². The van der Waals surface area contributed by atoms with Crippen LogP contribution < -0.4 is 5.32 Å².